The molecule has 0 saturated carbocycles. The number of rotatable bonds is 5. The van der Waals surface area contributed by atoms with Crippen molar-refractivity contribution in [3.63, 3.8) is 0 Å². The second kappa shape index (κ2) is 8.25. The van der Waals surface area contributed by atoms with Gasteiger partial charge in [0.1, 0.15) is 4.88 Å². The number of aryl methyl sites for hydroxylation is 1. The van der Waals surface area contributed by atoms with E-state index in [0.29, 0.717) is 33.4 Å². The van der Waals surface area contributed by atoms with Crippen LogP contribution in [0, 0.1) is 18.3 Å². The number of anilines is 1. The maximum atomic E-state index is 12.4. The van der Waals surface area contributed by atoms with E-state index < -0.39 is 0 Å². The Labute approximate surface area is 160 Å². The summed E-state index contributed by atoms with van der Waals surface area (Å²) in [5.74, 6) is -0.572. The normalized spacial score (nSPS) is 10.1. The Morgan fingerprint density at radius 1 is 1.07 bits per heavy atom. The van der Waals surface area contributed by atoms with Crippen molar-refractivity contribution in [1.82, 2.24) is 10.3 Å². The largest absolute Gasteiger partial charge is 0.347 e. The lowest BCUT2D eigenvalue weighted by Crippen LogP contribution is -2.22. The number of nitriles is 1. The fraction of sp³-hybridized carbons (Fsp3) is 0.100. The zero-order chi connectivity index (χ0) is 19.2. The summed E-state index contributed by atoms with van der Waals surface area (Å²) in [5.41, 5.74) is 2.45. The third-order valence-corrected chi connectivity index (χ3v) is 4.87. The van der Waals surface area contributed by atoms with Crippen LogP contribution in [0.3, 0.4) is 0 Å². The summed E-state index contributed by atoms with van der Waals surface area (Å²) in [6.45, 7) is 2.15. The highest BCUT2D eigenvalue weighted by molar-refractivity contribution is 7.17. The summed E-state index contributed by atoms with van der Waals surface area (Å²) in [6.07, 6.45) is 0. The first-order valence-electron chi connectivity index (χ1n) is 8.18. The Morgan fingerprint density at radius 2 is 1.78 bits per heavy atom. The van der Waals surface area contributed by atoms with E-state index >= 15 is 0 Å². The van der Waals surface area contributed by atoms with Crippen LogP contribution in [-0.2, 0) is 6.54 Å². The van der Waals surface area contributed by atoms with Crippen LogP contribution in [0.2, 0.25) is 0 Å². The molecule has 7 heteroatoms. The molecule has 0 aliphatic rings. The van der Waals surface area contributed by atoms with Crippen molar-refractivity contribution in [2.24, 2.45) is 0 Å². The van der Waals surface area contributed by atoms with Gasteiger partial charge in [0.2, 0.25) is 0 Å². The Kier molecular flexibility index (Phi) is 5.59. The monoisotopic (exact) mass is 376 g/mol. The van der Waals surface area contributed by atoms with E-state index in [1.54, 1.807) is 31.2 Å². The van der Waals surface area contributed by atoms with Crippen molar-refractivity contribution in [2.45, 2.75) is 13.5 Å². The van der Waals surface area contributed by atoms with Gasteiger partial charge in [0, 0.05) is 12.1 Å². The number of nitrogens with one attached hydrogen (secondary N) is 2. The summed E-state index contributed by atoms with van der Waals surface area (Å²) >= 11 is 1.13. The third kappa shape index (κ3) is 4.57. The highest BCUT2D eigenvalue weighted by Gasteiger charge is 2.17. The van der Waals surface area contributed by atoms with Crippen molar-refractivity contribution >= 4 is 28.3 Å². The van der Waals surface area contributed by atoms with Gasteiger partial charge in [-0.2, -0.15) is 5.26 Å². The molecule has 2 amide bonds. The molecular weight excluding hydrogens is 360 g/mol. The first kappa shape index (κ1) is 18.3. The van der Waals surface area contributed by atoms with Gasteiger partial charge in [-0.05, 0) is 36.8 Å². The lowest BCUT2D eigenvalue weighted by Gasteiger charge is -2.03. The predicted molar refractivity (Wildman–Crippen MR) is 104 cm³/mol. The third-order valence-electron chi connectivity index (χ3n) is 3.80. The summed E-state index contributed by atoms with van der Waals surface area (Å²) < 4.78 is 0. The Hall–Kier alpha value is -3.50. The fourth-order valence-corrected chi connectivity index (χ4v) is 3.26. The van der Waals surface area contributed by atoms with Gasteiger partial charge in [0.25, 0.3) is 11.8 Å². The second-order valence-corrected chi connectivity index (χ2v) is 6.74. The number of amides is 2. The number of carbonyl (C=O) groups is 2. The minimum atomic E-state index is -0.343. The van der Waals surface area contributed by atoms with E-state index in [0.717, 1.165) is 16.9 Å². The van der Waals surface area contributed by atoms with Crippen molar-refractivity contribution in [3.8, 4) is 6.07 Å². The average molecular weight is 376 g/mol. The predicted octanol–water partition coefficient (Wildman–Crippen LogP) is 3.51. The van der Waals surface area contributed by atoms with Crippen LogP contribution in [-0.4, -0.2) is 16.8 Å². The molecule has 6 nitrogen and oxygen atoms in total. The number of benzene rings is 2. The molecule has 0 saturated heterocycles. The number of hydrogen-bond donors (Lipinski definition) is 2. The lowest BCUT2D eigenvalue weighted by atomic mass is 10.1. The van der Waals surface area contributed by atoms with Gasteiger partial charge in [-0.1, -0.05) is 41.7 Å². The van der Waals surface area contributed by atoms with E-state index in [-0.39, 0.29) is 11.8 Å². The highest BCUT2D eigenvalue weighted by atomic mass is 32.1. The number of aromatic nitrogens is 1. The number of nitrogens with zero attached hydrogens (tertiary/aromatic N) is 2. The van der Waals surface area contributed by atoms with Gasteiger partial charge in [0.15, 0.2) is 5.13 Å². The van der Waals surface area contributed by atoms with Crippen LogP contribution >= 0.6 is 11.3 Å². The molecule has 0 spiro atoms. The van der Waals surface area contributed by atoms with Crippen LogP contribution in [0.25, 0.3) is 0 Å². The second-order valence-electron chi connectivity index (χ2n) is 5.75. The van der Waals surface area contributed by atoms with Gasteiger partial charge < -0.3 is 5.32 Å². The highest BCUT2D eigenvalue weighted by Crippen LogP contribution is 2.23. The van der Waals surface area contributed by atoms with Crippen molar-refractivity contribution in [2.75, 3.05) is 5.32 Å². The minimum absolute atomic E-state index is 0.229. The van der Waals surface area contributed by atoms with Crippen LogP contribution in [0.1, 0.15) is 36.9 Å². The van der Waals surface area contributed by atoms with E-state index in [4.69, 9.17) is 5.26 Å². The Bertz CT molecular complexity index is 1000. The molecule has 134 valence electrons. The zero-order valence-corrected chi connectivity index (χ0v) is 15.3. The topological polar surface area (TPSA) is 94.9 Å². The molecule has 2 aromatic carbocycles. The van der Waals surface area contributed by atoms with Crippen molar-refractivity contribution in [3.05, 3.63) is 81.9 Å². The lowest BCUT2D eigenvalue weighted by molar-refractivity contribution is 0.0953. The minimum Gasteiger partial charge on any atom is -0.347 e. The van der Waals surface area contributed by atoms with Gasteiger partial charge in [-0.3, -0.25) is 14.9 Å². The Balaban J connectivity index is 1.65. The standard InChI is InChI=1S/C20H16N4O2S/c1-13-17(19(26)22-12-15-5-3-2-4-6-15)27-20(23-13)24-18(25)16-9-7-14(11-21)8-10-16/h2-10H,12H2,1H3,(H,22,26)(H,23,24,25). The maximum Gasteiger partial charge on any atom is 0.263 e. The summed E-state index contributed by atoms with van der Waals surface area (Å²) in [4.78, 5) is 29.4. The van der Waals surface area contributed by atoms with E-state index in [1.807, 2.05) is 36.4 Å². The van der Waals surface area contributed by atoms with E-state index in [9.17, 15) is 9.59 Å². The number of hydrogen-bond acceptors (Lipinski definition) is 5. The van der Waals surface area contributed by atoms with Crippen LogP contribution in [0.5, 0.6) is 0 Å². The summed E-state index contributed by atoms with van der Waals surface area (Å²) in [7, 11) is 0. The first-order chi connectivity index (χ1) is 13.1. The fourth-order valence-electron chi connectivity index (χ4n) is 2.38. The molecule has 2 N–H and O–H groups in total. The molecule has 27 heavy (non-hydrogen) atoms. The van der Waals surface area contributed by atoms with Crippen molar-refractivity contribution < 1.29 is 9.59 Å². The van der Waals surface area contributed by atoms with E-state index in [2.05, 4.69) is 15.6 Å². The molecule has 0 radical (unpaired) electrons. The van der Waals surface area contributed by atoms with Crippen molar-refractivity contribution in [1.29, 1.82) is 5.26 Å². The zero-order valence-electron chi connectivity index (χ0n) is 14.5. The number of thiazole rings is 1. The van der Waals surface area contributed by atoms with Gasteiger partial charge in [0.05, 0.1) is 17.3 Å². The molecule has 1 heterocycles. The molecule has 0 bridgehead atoms. The first-order valence-corrected chi connectivity index (χ1v) is 8.99. The average Bonchev–Trinajstić information content (AvgIpc) is 3.07. The smallest absolute Gasteiger partial charge is 0.263 e. The molecule has 1 aromatic heterocycles. The molecule has 0 unspecified atom stereocenters. The van der Waals surface area contributed by atoms with Gasteiger partial charge in [-0.15, -0.1) is 0 Å². The Morgan fingerprint density at radius 3 is 2.44 bits per heavy atom. The van der Waals surface area contributed by atoms with E-state index in [1.165, 1.54) is 0 Å². The SMILES string of the molecule is Cc1nc(NC(=O)c2ccc(C#N)cc2)sc1C(=O)NCc1ccccc1. The van der Waals surface area contributed by atoms with Crippen LogP contribution < -0.4 is 10.6 Å². The summed E-state index contributed by atoms with van der Waals surface area (Å²) in [5, 5.41) is 14.7. The summed E-state index contributed by atoms with van der Waals surface area (Å²) in [6, 6.07) is 17.9. The van der Waals surface area contributed by atoms with Crippen LogP contribution in [0.15, 0.2) is 54.6 Å². The molecular formula is C20H16N4O2S. The van der Waals surface area contributed by atoms with Crippen LogP contribution in [0.4, 0.5) is 5.13 Å². The quantitative estimate of drug-likeness (QED) is 0.712. The van der Waals surface area contributed by atoms with Gasteiger partial charge in [-0.25, -0.2) is 4.98 Å². The maximum absolute atomic E-state index is 12.4. The molecule has 0 aliphatic heterocycles. The number of carbonyl (C=O) groups excluding carboxylic acids is 2. The molecule has 0 fully saturated rings. The molecule has 3 aromatic rings. The molecule has 0 atom stereocenters. The van der Waals surface area contributed by atoms with Gasteiger partial charge >= 0.3 is 0 Å². The molecule has 0 aliphatic carbocycles. The molecule has 3 rings (SSSR count).